The molecule has 3 N–H and O–H groups in total. The van der Waals surface area contributed by atoms with Crippen LogP contribution in [0.15, 0.2) is 0 Å². The lowest BCUT2D eigenvalue weighted by molar-refractivity contribution is -0.127. The zero-order valence-corrected chi connectivity index (χ0v) is 10.7. The number of likely N-dealkylation sites (N-methyl/N-ethyl adjacent to an activating group) is 1. The molecule has 6 heteroatoms. The number of nitrogens with one attached hydrogen (secondary N) is 1. The van der Waals surface area contributed by atoms with Crippen LogP contribution in [0.2, 0.25) is 0 Å². The molecule has 1 amide bonds. The largest absolute Gasteiger partial charge is 0.383 e. The molecular formula is C10H24N4O2. The second kappa shape index (κ2) is 8.46. The number of hydrogen-bond acceptors (Lipinski definition) is 5. The SMILES string of the molecule is COCC(C(=O)NN)N(C)CCCN(C)C. The van der Waals surface area contributed by atoms with Gasteiger partial charge in [-0.25, -0.2) is 5.84 Å². The van der Waals surface area contributed by atoms with Crippen LogP contribution in [0.3, 0.4) is 0 Å². The minimum absolute atomic E-state index is 0.214. The van der Waals surface area contributed by atoms with E-state index in [1.807, 2.05) is 26.0 Å². The molecule has 96 valence electrons. The Labute approximate surface area is 97.7 Å². The number of hydrogen-bond donors (Lipinski definition) is 2. The average Bonchev–Trinajstić information content (AvgIpc) is 2.24. The maximum absolute atomic E-state index is 11.5. The quantitative estimate of drug-likeness (QED) is 0.315. The second-order valence-electron chi connectivity index (χ2n) is 4.12. The monoisotopic (exact) mass is 232 g/mol. The molecule has 0 bridgehead atoms. The fraction of sp³-hybridized carbons (Fsp3) is 0.900. The van der Waals surface area contributed by atoms with Crippen molar-refractivity contribution in [2.45, 2.75) is 12.5 Å². The highest BCUT2D eigenvalue weighted by Gasteiger charge is 2.21. The van der Waals surface area contributed by atoms with Crippen LogP contribution < -0.4 is 11.3 Å². The number of ether oxygens (including phenoxy) is 1. The molecule has 0 aliphatic rings. The lowest BCUT2D eigenvalue weighted by Crippen LogP contribution is -2.50. The van der Waals surface area contributed by atoms with Crippen LogP contribution in [0.25, 0.3) is 0 Å². The Morgan fingerprint density at radius 3 is 2.44 bits per heavy atom. The zero-order valence-electron chi connectivity index (χ0n) is 10.7. The summed E-state index contributed by atoms with van der Waals surface area (Å²) in [5.74, 6) is 4.91. The predicted molar refractivity (Wildman–Crippen MR) is 63.8 cm³/mol. The number of carbonyl (C=O) groups is 1. The number of hydrazine groups is 1. The van der Waals surface area contributed by atoms with Crippen molar-refractivity contribution >= 4 is 5.91 Å². The molecule has 1 atom stereocenters. The highest BCUT2D eigenvalue weighted by atomic mass is 16.5. The van der Waals surface area contributed by atoms with Crippen molar-refractivity contribution in [3.8, 4) is 0 Å². The van der Waals surface area contributed by atoms with Gasteiger partial charge < -0.3 is 9.64 Å². The molecule has 16 heavy (non-hydrogen) atoms. The summed E-state index contributed by atoms with van der Waals surface area (Å²) < 4.78 is 5.01. The number of carbonyl (C=O) groups excluding carboxylic acids is 1. The summed E-state index contributed by atoms with van der Waals surface area (Å²) in [4.78, 5) is 15.5. The van der Waals surface area contributed by atoms with Gasteiger partial charge in [-0.15, -0.1) is 0 Å². The Balaban J connectivity index is 4.06. The van der Waals surface area contributed by atoms with E-state index in [1.54, 1.807) is 7.11 Å². The van der Waals surface area contributed by atoms with E-state index in [0.717, 1.165) is 19.5 Å². The minimum Gasteiger partial charge on any atom is -0.383 e. The van der Waals surface area contributed by atoms with Crippen molar-refractivity contribution < 1.29 is 9.53 Å². The summed E-state index contributed by atoms with van der Waals surface area (Å²) in [5, 5.41) is 0. The van der Waals surface area contributed by atoms with Gasteiger partial charge in [0, 0.05) is 7.11 Å². The number of methoxy groups -OCH3 is 1. The van der Waals surface area contributed by atoms with Crippen molar-refractivity contribution in [1.29, 1.82) is 0 Å². The van der Waals surface area contributed by atoms with Crippen LogP contribution >= 0.6 is 0 Å². The third kappa shape index (κ3) is 6.02. The maximum Gasteiger partial charge on any atom is 0.253 e. The van der Waals surface area contributed by atoms with Crippen LogP contribution in [-0.2, 0) is 9.53 Å². The number of nitrogens with two attached hydrogens (primary N) is 1. The topological polar surface area (TPSA) is 70.8 Å². The standard InChI is InChI=1S/C10H24N4O2/c1-13(2)6-5-7-14(3)9(8-16-4)10(15)12-11/h9H,5-8,11H2,1-4H3,(H,12,15). The van der Waals surface area contributed by atoms with Gasteiger partial charge in [-0.2, -0.15) is 0 Å². The van der Waals surface area contributed by atoms with Crippen molar-refractivity contribution in [2.75, 3.05) is 47.9 Å². The van der Waals surface area contributed by atoms with Crippen LogP contribution in [-0.4, -0.2) is 69.7 Å². The number of nitrogens with zero attached hydrogens (tertiary/aromatic N) is 2. The Kier molecular flexibility index (Phi) is 8.10. The van der Waals surface area contributed by atoms with Crippen LogP contribution in [0.5, 0.6) is 0 Å². The third-order valence-electron chi connectivity index (χ3n) is 2.42. The Morgan fingerprint density at radius 2 is 2.00 bits per heavy atom. The predicted octanol–water partition coefficient (Wildman–Crippen LogP) is -1.13. The molecule has 0 fully saturated rings. The van der Waals surface area contributed by atoms with Crippen LogP contribution in [0, 0.1) is 0 Å². The van der Waals surface area contributed by atoms with Gasteiger partial charge in [0.05, 0.1) is 6.61 Å². The number of amides is 1. The number of rotatable bonds is 8. The van der Waals surface area contributed by atoms with Crippen LogP contribution in [0.4, 0.5) is 0 Å². The summed E-state index contributed by atoms with van der Waals surface area (Å²) in [7, 11) is 7.53. The molecular weight excluding hydrogens is 208 g/mol. The Hall–Kier alpha value is -0.690. The Morgan fingerprint density at radius 1 is 1.38 bits per heavy atom. The fourth-order valence-corrected chi connectivity index (χ4v) is 1.45. The summed E-state index contributed by atoms with van der Waals surface area (Å²) in [6.45, 7) is 2.18. The third-order valence-corrected chi connectivity index (χ3v) is 2.42. The molecule has 0 aromatic carbocycles. The van der Waals surface area contributed by atoms with Crippen molar-refractivity contribution in [2.24, 2.45) is 5.84 Å². The first-order chi connectivity index (χ1) is 7.52. The van der Waals surface area contributed by atoms with Crippen molar-refractivity contribution in [3.05, 3.63) is 0 Å². The highest BCUT2D eigenvalue weighted by Crippen LogP contribution is 1.99. The van der Waals surface area contributed by atoms with Crippen molar-refractivity contribution in [3.63, 3.8) is 0 Å². The van der Waals surface area contributed by atoms with E-state index < -0.39 is 0 Å². The first kappa shape index (κ1) is 15.3. The van der Waals surface area contributed by atoms with Gasteiger partial charge in [-0.05, 0) is 40.7 Å². The molecule has 0 aliphatic heterocycles. The van der Waals surface area contributed by atoms with Crippen molar-refractivity contribution in [1.82, 2.24) is 15.2 Å². The zero-order chi connectivity index (χ0) is 12.6. The van der Waals surface area contributed by atoms with E-state index in [0.29, 0.717) is 6.61 Å². The molecule has 0 saturated heterocycles. The first-order valence-corrected chi connectivity index (χ1v) is 5.37. The molecule has 0 aliphatic carbocycles. The normalized spacial score (nSPS) is 13.2. The molecule has 0 heterocycles. The molecule has 0 aromatic rings. The summed E-state index contributed by atoms with van der Waals surface area (Å²) in [6.07, 6.45) is 1.00. The van der Waals surface area contributed by atoms with E-state index in [1.165, 1.54) is 0 Å². The summed E-state index contributed by atoms with van der Waals surface area (Å²) in [6, 6.07) is -0.322. The smallest absolute Gasteiger partial charge is 0.253 e. The lowest BCUT2D eigenvalue weighted by Gasteiger charge is -2.26. The maximum atomic E-state index is 11.5. The van der Waals surface area contributed by atoms with Gasteiger partial charge in [0.1, 0.15) is 6.04 Å². The van der Waals surface area contributed by atoms with Gasteiger partial charge in [-0.3, -0.25) is 15.1 Å². The molecule has 0 rings (SSSR count). The summed E-state index contributed by atoms with van der Waals surface area (Å²) >= 11 is 0. The van der Waals surface area contributed by atoms with Gasteiger partial charge in [0.2, 0.25) is 0 Å². The van der Waals surface area contributed by atoms with Gasteiger partial charge in [0.25, 0.3) is 5.91 Å². The molecule has 0 aromatic heterocycles. The van der Waals surface area contributed by atoms with Crippen LogP contribution in [0.1, 0.15) is 6.42 Å². The van der Waals surface area contributed by atoms with E-state index in [9.17, 15) is 4.79 Å². The van der Waals surface area contributed by atoms with Gasteiger partial charge in [0.15, 0.2) is 0 Å². The van der Waals surface area contributed by atoms with Gasteiger partial charge in [-0.1, -0.05) is 0 Å². The van der Waals surface area contributed by atoms with E-state index in [2.05, 4.69) is 10.3 Å². The van der Waals surface area contributed by atoms with Gasteiger partial charge >= 0.3 is 0 Å². The average molecular weight is 232 g/mol. The molecule has 1 unspecified atom stereocenters. The highest BCUT2D eigenvalue weighted by molar-refractivity contribution is 5.81. The molecule has 6 nitrogen and oxygen atoms in total. The van der Waals surface area contributed by atoms with E-state index >= 15 is 0 Å². The molecule has 0 spiro atoms. The van der Waals surface area contributed by atoms with E-state index in [4.69, 9.17) is 10.6 Å². The van der Waals surface area contributed by atoms with E-state index in [-0.39, 0.29) is 11.9 Å². The Bertz CT molecular complexity index is 199. The molecule has 0 saturated carbocycles. The molecule has 0 radical (unpaired) electrons. The summed E-state index contributed by atoms with van der Waals surface area (Å²) in [5.41, 5.74) is 2.16. The minimum atomic E-state index is -0.322. The first-order valence-electron chi connectivity index (χ1n) is 5.37. The lowest BCUT2D eigenvalue weighted by atomic mass is 10.2. The second-order valence-corrected chi connectivity index (χ2v) is 4.12. The fourth-order valence-electron chi connectivity index (χ4n) is 1.45.